The van der Waals surface area contributed by atoms with Crippen molar-refractivity contribution in [3.8, 4) is 0 Å². The summed E-state index contributed by atoms with van der Waals surface area (Å²) in [7, 11) is 4.21. The van der Waals surface area contributed by atoms with Crippen molar-refractivity contribution >= 4 is 82.4 Å². The van der Waals surface area contributed by atoms with Crippen LogP contribution in [0.1, 0.15) is 87.0 Å². The molecule has 0 radical (unpaired) electrons. The Kier molecular flexibility index (Phi) is 19.4. The van der Waals surface area contributed by atoms with Gasteiger partial charge in [-0.2, -0.15) is 23.5 Å². The summed E-state index contributed by atoms with van der Waals surface area (Å²) >= 11 is 3.36. The third-order valence-corrected chi connectivity index (χ3v) is 11.9. The van der Waals surface area contributed by atoms with E-state index >= 15 is 0 Å². The number of carbonyl (C=O) groups excluding carboxylic acids is 5. The van der Waals surface area contributed by atoms with Crippen molar-refractivity contribution in [2.24, 2.45) is 11.1 Å². The van der Waals surface area contributed by atoms with Crippen molar-refractivity contribution < 1.29 is 28.7 Å². The molecule has 0 heterocycles. The van der Waals surface area contributed by atoms with Gasteiger partial charge in [0.15, 0.2) is 14.3 Å². The van der Waals surface area contributed by atoms with Crippen LogP contribution in [-0.4, -0.2) is 124 Å². The maximum absolute atomic E-state index is 13.4. The SMILES string of the molecule is BBC(=O)CNC(=O)C(CSC1CCC1SCC(NC(C)(C)CC)C(=O)NCC(=O)BB)NC(=O)C(C)(C)CCOC(C)(N)CCC. The highest BCUT2D eigenvalue weighted by atomic mass is 32.2. The van der Waals surface area contributed by atoms with Gasteiger partial charge in [-0.25, -0.2) is 0 Å². The zero-order valence-electron chi connectivity index (χ0n) is 30.3. The van der Waals surface area contributed by atoms with Crippen molar-refractivity contribution in [2.45, 2.75) is 121 Å². The molecule has 0 spiro atoms. The molecule has 0 aromatic heterocycles. The Bertz CT molecular complexity index is 1060. The second-order valence-corrected chi connectivity index (χ2v) is 16.6. The van der Waals surface area contributed by atoms with E-state index in [1.54, 1.807) is 39.0 Å². The first-order chi connectivity index (χ1) is 21.9. The van der Waals surface area contributed by atoms with Gasteiger partial charge in [-0.3, -0.25) is 14.4 Å². The molecule has 1 fully saturated rings. The van der Waals surface area contributed by atoms with Gasteiger partial charge >= 0.3 is 0 Å². The van der Waals surface area contributed by atoms with Gasteiger partial charge in [0, 0.05) is 39.6 Å². The van der Waals surface area contributed by atoms with E-state index in [4.69, 9.17) is 10.5 Å². The summed E-state index contributed by atoms with van der Waals surface area (Å²) in [4.78, 5) is 63.4. The third kappa shape index (κ3) is 16.7. The number of ether oxygens (including phenoxy) is 1. The number of hydrogen-bond acceptors (Lipinski definition) is 10. The highest BCUT2D eigenvalue weighted by molar-refractivity contribution is 8.04. The molecule has 17 heteroatoms. The lowest BCUT2D eigenvalue weighted by Gasteiger charge is -2.38. The van der Waals surface area contributed by atoms with E-state index in [1.165, 1.54) is 0 Å². The first-order valence-electron chi connectivity index (χ1n) is 17.2. The van der Waals surface area contributed by atoms with E-state index in [1.807, 2.05) is 27.7 Å². The van der Waals surface area contributed by atoms with E-state index in [0.29, 0.717) is 45.3 Å². The van der Waals surface area contributed by atoms with Crippen LogP contribution in [0.5, 0.6) is 0 Å². The van der Waals surface area contributed by atoms with Crippen LogP contribution in [0.2, 0.25) is 0 Å². The standard InChI is InChI=1S/C30H59B4N5O6S2/c1-8-12-30(7,35)45-14-13-28(3,4)27(44)38-19(25(42)36-15-23(40)33-31)17-46-21-10-11-22(21)47-18-20(39-29(5,6)9-2)26(43)37-16-24(41)34-32/h19-22,33-34,39H,8-18,31-32,35H2,1-7H3,(H,36,42)(H,37,43)(H,38,44). The second kappa shape index (κ2) is 21.0. The Morgan fingerprint density at radius 2 is 1.34 bits per heavy atom. The topological polar surface area (TPSA) is 169 Å². The van der Waals surface area contributed by atoms with E-state index in [0.717, 1.165) is 25.7 Å². The summed E-state index contributed by atoms with van der Waals surface area (Å²) in [5, 5.41) is 12.4. The number of amides is 3. The Morgan fingerprint density at radius 3 is 1.79 bits per heavy atom. The minimum Gasteiger partial charge on any atom is -0.361 e. The van der Waals surface area contributed by atoms with Gasteiger partial charge in [0.05, 0.1) is 46.0 Å². The van der Waals surface area contributed by atoms with Crippen LogP contribution in [0.15, 0.2) is 0 Å². The van der Waals surface area contributed by atoms with Crippen molar-refractivity contribution in [1.29, 1.82) is 0 Å². The quantitative estimate of drug-likeness (QED) is 0.0578. The molecule has 0 aliphatic heterocycles. The van der Waals surface area contributed by atoms with Crippen LogP contribution in [0, 0.1) is 5.41 Å². The number of nitrogens with one attached hydrogen (secondary N) is 4. The molecule has 1 saturated carbocycles. The number of rotatable bonds is 25. The first-order valence-corrected chi connectivity index (χ1v) is 19.3. The lowest BCUT2D eigenvalue weighted by atomic mass is 9.53. The molecule has 5 unspecified atom stereocenters. The average Bonchev–Trinajstić information content (AvgIpc) is 2.99. The predicted octanol–water partition coefficient (Wildman–Crippen LogP) is -1.22. The Balaban J connectivity index is 2.88. The highest BCUT2D eigenvalue weighted by Gasteiger charge is 2.37. The molecule has 47 heavy (non-hydrogen) atoms. The third-order valence-electron chi connectivity index (χ3n) is 8.72. The van der Waals surface area contributed by atoms with Crippen molar-refractivity contribution in [2.75, 3.05) is 31.2 Å². The largest absolute Gasteiger partial charge is 0.361 e. The molecule has 6 N–H and O–H groups in total. The predicted molar refractivity (Wildman–Crippen MR) is 204 cm³/mol. The average molecular weight is 693 g/mol. The normalized spacial score (nSPS) is 18.9. The monoisotopic (exact) mass is 693 g/mol. The van der Waals surface area contributed by atoms with Gasteiger partial charge in [0.2, 0.25) is 17.7 Å². The van der Waals surface area contributed by atoms with Gasteiger partial charge in [-0.15, -0.1) is 0 Å². The molecule has 0 aromatic rings. The maximum Gasteiger partial charge on any atom is 0.243 e. The zero-order valence-corrected chi connectivity index (χ0v) is 32.0. The van der Waals surface area contributed by atoms with Crippen LogP contribution >= 0.6 is 23.5 Å². The van der Waals surface area contributed by atoms with Crippen molar-refractivity contribution in [3.63, 3.8) is 0 Å². The van der Waals surface area contributed by atoms with Crippen LogP contribution < -0.4 is 27.0 Å². The molecule has 0 aromatic carbocycles. The summed E-state index contributed by atoms with van der Waals surface area (Å²) in [6, 6.07) is -1.27. The molecule has 1 aliphatic rings. The van der Waals surface area contributed by atoms with Crippen LogP contribution in [0.3, 0.4) is 0 Å². The maximum atomic E-state index is 13.4. The van der Waals surface area contributed by atoms with E-state index < -0.39 is 23.2 Å². The number of hydrogen-bond donors (Lipinski definition) is 5. The molecular weight excluding hydrogens is 634 g/mol. The molecule has 0 saturated heterocycles. The number of nitrogens with two attached hydrogens (primary N) is 1. The summed E-state index contributed by atoms with van der Waals surface area (Å²) in [5.74, 6) is 0.0728. The minimum absolute atomic E-state index is 0.0121. The fourth-order valence-electron chi connectivity index (χ4n) is 4.64. The van der Waals surface area contributed by atoms with Crippen LogP contribution in [-0.2, 0) is 28.7 Å². The molecule has 3 amide bonds. The molecule has 11 nitrogen and oxygen atoms in total. The lowest BCUT2D eigenvalue weighted by molar-refractivity contribution is -0.135. The van der Waals surface area contributed by atoms with Crippen LogP contribution in [0.4, 0.5) is 0 Å². The van der Waals surface area contributed by atoms with Crippen LogP contribution in [0.25, 0.3) is 0 Å². The van der Waals surface area contributed by atoms with Gasteiger partial charge in [-0.05, 0) is 52.9 Å². The first kappa shape index (κ1) is 43.6. The van der Waals surface area contributed by atoms with E-state index in [9.17, 15) is 24.0 Å². The Hall–Kier alpha value is -1.41. The smallest absolute Gasteiger partial charge is 0.243 e. The molecule has 0 bridgehead atoms. The molecule has 5 atom stereocenters. The van der Waals surface area contributed by atoms with Gasteiger partial charge < -0.3 is 41.3 Å². The fraction of sp³-hybridized carbons (Fsp3) is 0.833. The van der Waals surface area contributed by atoms with Gasteiger partial charge in [0.25, 0.3) is 0 Å². The highest BCUT2D eigenvalue weighted by Crippen LogP contribution is 2.40. The molecule has 264 valence electrons. The van der Waals surface area contributed by atoms with E-state index in [-0.39, 0.29) is 58.2 Å². The van der Waals surface area contributed by atoms with Gasteiger partial charge in [0.1, 0.15) is 11.8 Å². The van der Waals surface area contributed by atoms with E-state index in [2.05, 4.69) is 42.0 Å². The number of thioether (sulfide) groups is 2. The van der Waals surface area contributed by atoms with Crippen molar-refractivity contribution in [1.82, 2.24) is 21.3 Å². The second-order valence-electron chi connectivity index (χ2n) is 14.0. The Labute approximate surface area is 294 Å². The number of carbonyl (C=O) groups is 5. The van der Waals surface area contributed by atoms with Crippen molar-refractivity contribution in [3.05, 3.63) is 0 Å². The Morgan fingerprint density at radius 1 is 0.851 bits per heavy atom. The lowest BCUT2D eigenvalue weighted by Crippen LogP contribution is -2.55. The summed E-state index contributed by atoms with van der Waals surface area (Å²) in [5.41, 5.74) is 4.28. The summed E-state index contributed by atoms with van der Waals surface area (Å²) in [6.07, 6.45) is 4.81. The molecular formula is C30H59B4N5O6S2. The summed E-state index contributed by atoms with van der Waals surface area (Å²) in [6.45, 7) is 13.9. The van der Waals surface area contributed by atoms with Gasteiger partial charge in [-0.1, -0.05) is 34.1 Å². The minimum atomic E-state index is -0.815. The fourth-order valence-corrected chi connectivity index (χ4v) is 7.77. The molecule has 1 aliphatic carbocycles. The molecule has 1 rings (SSSR count). The summed E-state index contributed by atoms with van der Waals surface area (Å²) < 4.78 is 5.85. The zero-order chi connectivity index (χ0) is 35.8.